The third-order valence-electron chi connectivity index (χ3n) is 3.62. The molecular formula is C15H21ClFN. The van der Waals surface area contributed by atoms with Crippen LogP contribution in [0.5, 0.6) is 0 Å². The van der Waals surface area contributed by atoms with Crippen molar-refractivity contribution in [2.24, 2.45) is 5.92 Å². The first kappa shape index (κ1) is 13.8. The number of hydrogen-bond donors (Lipinski definition) is 1. The van der Waals surface area contributed by atoms with Crippen molar-refractivity contribution < 1.29 is 4.39 Å². The number of rotatable bonds is 7. The molecule has 3 heteroatoms. The summed E-state index contributed by atoms with van der Waals surface area (Å²) < 4.78 is 13.0. The van der Waals surface area contributed by atoms with E-state index in [0.29, 0.717) is 6.04 Å². The summed E-state index contributed by atoms with van der Waals surface area (Å²) >= 11 is 5.78. The summed E-state index contributed by atoms with van der Waals surface area (Å²) in [5, 5.41) is 3.80. The molecule has 0 radical (unpaired) electrons. The van der Waals surface area contributed by atoms with Crippen molar-refractivity contribution in [3.8, 4) is 0 Å². The second-order valence-corrected chi connectivity index (χ2v) is 5.55. The molecule has 1 aromatic rings. The Bertz CT molecular complexity index is 390. The van der Waals surface area contributed by atoms with Crippen LogP contribution in [0.25, 0.3) is 0 Å². The van der Waals surface area contributed by atoms with Crippen molar-refractivity contribution in [2.75, 3.05) is 6.54 Å². The van der Waals surface area contributed by atoms with Crippen molar-refractivity contribution >= 4 is 11.6 Å². The summed E-state index contributed by atoms with van der Waals surface area (Å²) in [4.78, 5) is 0. The fourth-order valence-corrected chi connectivity index (χ4v) is 2.69. The van der Waals surface area contributed by atoms with Gasteiger partial charge in [0.2, 0.25) is 0 Å². The SMILES string of the molecule is CCNC(CCCc1ccc(F)c(Cl)c1)C1CC1. The van der Waals surface area contributed by atoms with Gasteiger partial charge >= 0.3 is 0 Å². The van der Waals surface area contributed by atoms with Crippen LogP contribution in [0.4, 0.5) is 4.39 Å². The lowest BCUT2D eigenvalue weighted by molar-refractivity contribution is 0.434. The molecule has 1 saturated carbocycles. The predicted molar refractivity (Wildman–Crippen MR) is 74.5 cm³/mol. The van der Waals surface area contributed by atoms with Gasteiger partial charge in [-0.25, -0.2) is 4.39 Å². The van der Waals surface area contributed by atoms with Crippen LogP contribution in [0.1, 0.15) is 38.2 Å². The fourth-order valence-electron chi connectivity index (χ4n) is 2.49. The summed E-state index contributed by atoms with van der Waals surface area (Å²) in [6, 6.07) is 5.71. The number of halogens is 2. The van der Waals surface area contributed by atoms with Crippen LogP contribution in [0.2, 0.25) is 5.02 Å². The van der Waals surface area contributed by atoms with Crippen molar-refractivity contribution in [3.63, 3.8) is 0 Å². The largest absolute Gasteiger partial charge is 0.314 e. The van der Waals surface area contributed by atoms with Gasteiger partial charge in [0.25, 0.3) is 0 Å². The van der Waals surface area contributed by atoms with E-state index in [2.05, 4.69) is 12.2 Å². The molecule has 0 amide bonds. The lowest BCUT2D eigenvalue weighted by Gasteiger charge is -2.16. The lowest BCUT2D eigenvalue weighted by Crippen LogP contribution is -2.30. The van der Waals surface area contributed by atoms with Gasteiger partial charge in [0.1, 0.15) is 5.82 Å². The Morgan fingerprint density at radius 2 is 2.22 bits per heavy atom. The molecule has 1 aliphatic rings. The molecule has 1 unspecified atom stereocenters. The highest BCUT2D eigenvalue weighted by atomic mass is 35.5. The summed E-state index contributed by atoms with van der Waals surface area (Å²) in [7, 11) is 0. The van der Waals surface area contributed by atoms with Gasteiger partial charge in [0, 0.05) is 6.04 Å². The van der Waals surface area contributed by atoms with Gasteiger partial charge in [-0.15, -0.1) is 0 Å². The molecular weight excluding hydrogens is 249 g/mol. The first-order chi connectivity index (χ1) is 8.70. The molecule has 100 valence electrons. The third-order valence-corrected chi connectivity index (χ3v) is 3.91. The van der Waals surface area contributed by atoms with Gasteiger partial charge in [-0.3, -0.25) is 0 Å². The van der Waals surface area contributed by atoms with Gasteiger partial charge in [0.15, 0.2) is 0 Å². The van der Waals surface area contributed by atoms with Crippen LogP contribution in [-0.4, -0.2) is 12.6 Å². The van der Waals surface area contributed by atoms with E-state index in [9.17, 15) is 4.39 Å². The van der Waals surface area contributed by atoms with Crippen LogP contribution in [0.3, 0.4) is 0 Å². The second kappa shape index (κ2) is 6.53. The average Bonchev–Trinajstić information content (AvgIpc) is 3.17. The Hall–Kier alpha value is -0.600. The van der Waals surface area contributed by atoms with Gasteiger partial charge in [-0.05, 0) is 62.3 Å². The Kier molecular flexibility index (Phi) is 5.02. The highest BCUT2D eigenvalue weighted by Gasteiger charge is 2.29. The summed E-state index contributed by atoms with van der Waals surface area (Å²) in [5.74, 6) is 0.561. The molecule has 0 spiro atoms. The first-order valence-corrected chi connectivity index (χ1v) is 7.25. The highest BCUT2D eigenvalue weighted by molar-refractivity contribution is 6.30. The molecule has 0 bridgehead atoms. The van der Waals surface area contributed by atoms with E-state index < -0.39 is 0 Å². The molecule has 1 N–H and O–H groups in total. The maximum Gasteiger partial charge on any atom is 0.141 e. The molecule has 1 fully saturated rings. The monoisotopic (exact) mass is 269 g/mol. The van der Waals surface area contributed by atoms with Gasteiger partial charge in [0.05, 0.1) is 5.02 Å². The van der Waals surface area contributed by atoms with E-state index in [0.717, 1.165) is 30.9 Å². The molecule has 1 aromatic carbocycles. The minimum Gasteiger partial charge on any atom is -0.314 e. The van der Waals surface area contributed by atoms with Crippen LogP contribution in [0, 0.1) is 11.7 Å². The van der Waals surface area contributed by atoms with Crippen LogP contribution in [-0.2, 0) is 6.42 Å². The molecule has 0 heterocycles. The van der Waals surface area contributed by atoms with Crippen molar-refractivity contribution in [1.29, 1.82) is 0 Å². The van der Waals surface area contributed by atoms with E-state index in [1.807, 2.05) is 6.07 Å². The fraction of sp³-hybridized carbons (Fsp3) is 0.600. The standard InChI is InChI=1S/C15H21ClFN/c1-2-18-15(12-7-8-12)5-3-4-11-6-9-14(17)13(16)10-11/h6,9-10,12,15,18H,2-5,7-8H2,1H3. The van der Waals surface area contributed by atoms with Gasteiger partial charge in [-0.2, -0.15) is 0 Å². The summed E-state index contributed by atoms with van der Waals surface area (Å²) in [5.41, 5.74) is 1.13. The molecule has 2 rings (SSSR count). The predicted octanol–water partition coefficient (Wildman–Crippen LogP) is 4.19. The maximum atomic E-state index is 13.0. The molecule has 18 heavy (non-hydrogen) atoms. The van der Waals surface area contributed by atoms with Gasteiger partial charge in [-0.1, -0.05) is 24.6 Å². The van der Waals surface area contributed by atoms with Crippen LogP contribution in [0.15, 0.2) is 18.2 Å². The van der Waals surface area contributed by atoms with E-state index in [-0.39, 0.29) is 10.8 Å². The van der Waals surface area contributed by atoms with E-state index in [1.54, 1.807) is 6.07 Å². The zero-order valence-corrected chi connectivity index (χ0v) is 11.6. The molecule has 1 aliphatic carbocycles. The number of hydrogen-bond acceptors (Lipinski definition) is 1. The average molecular weight is 270 g/mol. The van der Waals surface area contributed by atoms with E-state index in [1.165, 1.54) is 25.3 Å². The van der Waals surface area contributed by atoms with E-state index >= 15 is 0 Å². The number of aryl methyl sites for hydroxylation is 1. The summed E-state index contributed by atoms with van der Waals surface area (Å²) in [6.45, 7) is 3.21. The van der Waals surface area contributed by atoms with Crippen molar-refractivity contribution in [1.82, 2.24) is 5.32 Å². The quantitative estimate of drug-likeness (QED) is 0.783. The Balaban J connectivity index is 1.78. The Morgan fingerprint density at radius 3 is 2.83 bits per heavy atom. The molecule has 0 aliphatic heterocycles. The second-order valence-electron chi connectivity index (χ2n) is 5.14. The van der Waals surface area contributed by atoms with Crippen molar-refractivity contribution in [2.45, 2.75) is 45.1 Å². The minimum atomic E-state index is -0.330. The maximum absolute atomic E-state index is 13.0. The Morgan fingerprint density at radius 1 is 1.44 bits per heavy atom. The zero-order valence-electron chi connectivity index (χ0n) is 10.9. The molecule has 1 atom stereocenters. The topological polar surface area (TPSA) is 12.0 Å². The normalized spacial score (nSPS) is 16.8. The summed E-state index contributed by atoms with van der Waals surface area (Å²) in [6.07, 6.45) is 6.07. The van der Waals surface area contributed by atoms with E-state index in [4.69, 9.17) is 11.6 Å². The number of benzene rings is 1. The minimum absolute atomic E-state index is 0.234. The number of nitrogens with one attached hydrogen (secondary N) is 1. The van der Waals surface area contributed by atoms with Gasteiger partial charge < -0.3 is 5.32 Å². The highest BCUT2D eigenvalue weighted by Crippen LogP contribution is 2.34. The van der Waals surface area contributed by atoms with Crippen molar-refractivity contribution in [3.05, 3.63) is 34.6 Å². The molecule has 1 nitrogen and oxygen atoms in total. The zero-order chi connectivity index (χ0) is 13.0. The van der Waals surface area contributed by atoms with Crippen LogP contribution >= 0.6 is 11.6 Å². The molecule has 0 aromatic heterocycles. The van der Waals surface area contributed by atoms with Crippen LogP contribution < -0.4 is 5.32 Å². The Labute approximate surface area is 114 Å². The third kappa shape index (κ3) is 3.96. The smallest absolute Gasteiger partial charge is 0.141 e. The molecule has 0 saturated heterocycles. The first-order valence-electron chi connectivity index (χ1n) is 6.88. The lowest BCUT2D eigenvalue weighted by atomic mass is 10.0.